The van der Waals surface area contributed by atoms with Crippen LogP contribution in [0.1, 0.15) is 20.8 Å². The SMILES string of the molecule is Cc1ccc(-c2nc(NC(=O)c3ccoc3)sc2C)cc1. The number of anilines is 1. The van der Waals surface area contributed by atoms with Crippen molar-refractivity contribution in [3.63, 3.8) is 0 Å². The summed E-state index contributed by atoms with van der Waals surface area (Å²) in [5.41, 5.74) is 3.65. The number of nitrogens with one attached hydrogen (secondary N) is 1. The van der Waals surface area contributed by atoms with Crippen LogP contribution in [0.4, 0.5) is 5.13 Å². The Labute approximate surface area is 126 Å². The lowest BCUT2D eigenvalue weighted by atomic mass is 10.1. The van der Waals surface area contributed by atoms with Crippen LogP contribution < -0.4 is 5.32 Å². The zero-order valence-corrected chi connectivity index (χ0v) is 12.5. The normalized spacial score (nSPS) is 10.6. The first-order valence-electron chi connectivity index (χ1n) is 6.51. The molecule has 0 spiro atoms. The molecule has 0 atom stereocenters. The minimum Gasteiger partial charge on any atom is -0.472 e. The van der Waals surface area contributed by atoms with E-state index in [1.165, 1.54) is 29.4 Å². The number of amides is 1. The van der Waals surface area contributed by atoms with Gasteiger partial charge in [0.2, 0.25) is 0 Å². The van der Waals surface area contributed by atoms with E-state index < -0.39 is 0 Å². The van der Waals surface area contributed by atoms with Gasteiger partial charge in [-0.1, -0.05) is 29.8 Å². The Morgan fingerprint density at radius 3 is 2.62 bits per heavy atom. The molecule has 0 saturated carbocycles. The maximum Gasteiger partial charge on any atom is 0.260 e. The number of aromatic nitrogens is 1. The van der Waals surface area contributed by atoms with Gasteiger partial charge in [0.25, 0.3) is 5.91 Å². The summed E-state index contributed by atoms with van der Waals surface area (Å²) < 4.78 is 4.90. The molecule has 4 nitrogen and oxygen atoms in total. The van der Waals surface area contributed by atoms with Crippen LogP contribution >= 0.6 is 11.3 Å². The van der Waals surface area contributed by atoms with E-state index in [9.17, 15) is 4.79 Å². The minimum atomic E-state index is -0.215. The molecule has 5 heteroatoms. The highest BCUT2D eigenvalue weighted by atomic mass is 32.1. The third kappa shape index (κ3) is 2.87. The summed E-state index contributed by atoms with van der Waals surface area (Å²) in [6, 6.07) is 9.81. The average Bonchev–Trinajstić information content (AvgIpc) is 3.10. The molecular formula is C16H14N2O2S. The van der Waals surface area contributed by atoms with Crippen molar-refractivity contribution in [1.82, 2.24) is 4.98 Å². The van der Waals surface area contributed by atoms with E-state index in [4.69, 9.17) is 4.42 Å². The number of carbonyl (C=O) groups excluding carboxylic acids is 1. The molecule has 0 aliphatic heterocycles. The Bertz CT molecular complexity index is 758. The third-order valence-electron chi connectivity index (χ3n) is 3.13. The molecular weight excluding hydrogens is 284 g/mol. The van der Waals surface area contributed by atoms with E-state index in [2.05, 4.69) is 22.4 Å². The standard InChI is InChI=1S/C16H14N2O2S/c1-10-3-5-12(6-4-10)14-11(2)21-16(17-14)18-15(19)13-7-8-20-9-13/h3-9H,1-2H3,(H,17,18,19). The van der Waals surface area contributed by atoms with E-state index in [0.29, 0.717) is 10.7 Å². The number of rotatable bonds is 3. The summed E-state index contributed by atoms with van der Waals surface area (Å²) >= 11 is 1.47. The molecule has 0 radical (unpaired) electrons. The van der Waals surface area contributed by atoms with Crippen molar-refractivity contribution in [3.8, 4) is 11.3 Å². The molecule has 0 fully saturated rings. The van der Waals surface area contributed by atoms with Gasteiger partial charge in [0.05, 0.1) is 17.5 Å². The van der Waals surface area contributed by atoms with Gasteiger partial charge in [-0.25, -0.2) is 4.98 Å². The summed E-state index contributed by atoms with van der Waals surface area (Å²) in [5, 5.41) is 3.39. The highest BCUT2D eigenvalue weighted by Gasteiger charge is 2.13. The van der Waals surface area contributed by atoms with Gasteiger partial charge >= 0.3 is 0 Å². The zero-order valence-electron chi connectivity index (χ0n) is 11.7. The maximum atomic E-state index is 12.0. The van der Waals surface area contributed by atoms with Gasteiger partial charge in [-0.05, 0) is 19.9 Å². The van der Waals surface area contributed by atoms with Crippen LogP contribution in [0.5, 0.6) is 0 Å². The average molecular weight is 298 g/mol. The Morgan fingerprint density at radius 1 is 1.19 bits per heavy atom. The Morgan fingerprint density at radius 2 is 1.95 bits per heavy atom. The van der Waals surface area contributed by atoms with Crippen molar-refractivity contribution in [3.05, 3.63) is 58.9 Å². The van der Waals surface area contributed by atoms with Gasteiger partial charge in [-0.2, -0.15) is 0 Å². The topological polar surface area (TPSA) is 55.1 Å². The van der Waals surface area contributed by atoms with Gasteiger partial charge in [0.1, 0.15) is 6.26 Å². The summed E-state index contributed by atoms with van der Waals surface area (Å²) in [6.45, 7) is 4.05. The fraction of sp³-hybridized carbons (Fsp3) is 0.125. The van der Waals surface area contributed by atoms with Crippen molar-refractivity contribution in [2.45, 2.75) is 13.8 Å². The molecule has 2 heterocycles. The Kier molecular flexibility index (Phi) is 3.58. The van der Waals surface area contributed by atoms with Gasteiger partial charge in [-0.15, -0.1) is 11.3 Å². The van der Waals surface area contributed by atoms with E-state index in [0.717, 1.165) is 16.1 Å². The van der Waals surface area contributed by atoms with Gasteiger partial charge in [0, 0.05) is 10.4 Å². The second-order valence-electron chi connectivity index (χ2n) is 4.76. The third-order valence-corrected chi connectivity index (χ3v) is 4.01. The maximum absolute atomic E-state index is 12.0. The molecule has 0 saturated heterocycles. The second-order valence-corrected chi connectivity index (χ2v) is 5.96. The molecule has 0 aliphatic carbocycles. The summed E-state index contributed by atoms with van der Waals surface area (Å²) in [4.78, 5) is 17.6. The zero-order chi connectivity index (χ0) is 14.8. The summed E-state index contributed by atoms with van der Waals surface area (Å²) in [6.07, 6.45) is 2.89. The number of thiazole rings is 1. The van der Waals surface area contributed by atoms with Crippen molar-refractivity contribution in [1.29, 1.82) is 0 Å². The molecule has 1 aromatic carbocycles. The lowest BCUT2D eigenvalue weighted by molar-refractivity contribution is 0.102. The van der Waals surface area contributed by atoms with Crippen molar-refractivity contribution < 1.29 is 9.21 Å². The second kappa shape index (κ2) is 5.54. The quantitative estimate of drug-likeness (QED) is 0.785. The number of carbonyl (C=O) groups is 1. The Hall–Kier alpha value is -2.40. The molecule has 3 rings (SSSR count). The Balaban J connectivity index is 1.84. The lowest BCUT2D eigenvalue weighted by Gasteiger charge is -1.99. The van der Waals surface area contributed by atoms with Crippen LogP contribution in [-0.2, 0) is 0 Å². The number of nitrogens with zero attached hydrogens (tertiary/aromatic N) is 1. The smallest absolute Gasteiger partial charge is 0.260 e. The number of benzene rings is 1. The predicted octanol–water partition coefficient (Wildman–Crippen LogP) is 4.27. The molecule has 1 amide bonds. The van der Waals surface area contributed by atoms with Crippen LogP contribution in [-0.4, -0.2) is 10.9 Å². The first-order chi connectivity index (χ1) is 10.1. The van der Waals surface area contributed by atoms with E-state index in [-0.39, 0.29) is 5.91 Å². The first kappa shape index (κ1) is 13.6. The largest absolute Gasteiger partial charge is 0.472 e. The molecule has 0 bridgehead atoms. The molecule has 0 unspecified atom stereocenters. The van der Waals surface area contributed by atoms with Crippen LogP contribution in [0.2, 0.25) is 0 Å². The molecule has 2 aromatic heterocycles. The van der Waals surface area contributed by atoms with E-state index >= 15 is 0 Å². The number of aryl methyl sites for hydroxylation is 2. The molecule has 1 N–H and O–H groups in total. The number of hydrogen-bond donors (Lipinski definition) is 1. The van der Waals surface area contributed by atoms with Crippen LogP contribution in [0.15, 0.2) is 47.3 Å². The minimum absolute atomic E-state index is 0.215. The predicted molar refractivity (Wildman–Crippen MR) is 83.7 cm³/mol. The van der Waals surface area contributed by atoms with Crippen LogP contribution in [0.25, 0.3) is 11.3 Å². The first-order valence-corrected chi connectivity index (χ1v) is 7.33. The summed E-state index contributed by atoms with van der Waals surface area (Å²) in [7, 11) is 0. The number of hydrogen-bond acceptors (Lipinski definition) is 4. The lowest BCUT2D eigenvalue weighted by Crippen LogP contribution is -2.10. The fourth-order valence-electron chi connectivity index (χ4n) is 1.99. The molecule has 106 valence electrons. The van der Waals surface area contributed by atoms with Crippen LogP contribution in [0.3, 0.4) is 0 Å². The molecule has 21 heavy (non-hydrogen) atoms. The van der Waals surface area contributed by atoms with Gasteiger partial charge in [-0.3, -0.25) is 10.1 Å². The monoisotopic (exact) mass is 298 g/mol. The van der Waals surface area contributed by atoms with Crippen molar-refractivity contribution in [2.24, 2.45) is 0 Å². The fourth-order valence-corrected chi connectivity index (χ4v) is 2.82. The highest BCUT2D eigenvalue weighted by Crippen LogP contribution is 2.30. The summed E-state index contributed by atoms with van der Waals surface area (Å²) in [5.74, 6) is -0.215. The van der Waals surface area contributed by atoms with Crippen molar-refractivity contribution >= 4 is 22.4 Å². The van der Waals surface area contributed by atoms with E-state index in [1.54, 1.807) is 6.07 Å². The van der Waals surface area contributed by atoms with Crippen molar-refractivity contribution in [2.75, 3.05) is 5.32 Å². The molecule has 0 aliphatic rings. The highest BCUT2D eigenvalue weighted by molar-refractivity contribution is 7.16. The number of furan rings is 1. The molecule has 3 aromatic rings. The van der Waals surface area contributed by atoms with Gasteiger partial charge in [0.15, 0.2) is 5.13 Å². The van der Waals surface area contributed by atoms with Gasteiger partial charge < -0.3 is 4.42 Å². The van der Waals surface area contributed by atoms with E-state index in [1.807, 2.05) is 26.0 Å². The van der Waals surface area contributed by atoms with Crippen LogP contribution in [0, 0.1) is 13.8 Å².